The molecule has 0 fully saturated rings. The lowest BCUT2D eigenvalue weighted by Gasteiger charge is -2.04. The van der Waals surface area contributed by atoms with Gasteiger partial charge >= 0.3 is 0 Å². The summed E-state index contributed by atoms with van der Waals surface area (Å²) in [7, 11) is 0. The Bertz CT molecular complexity index is 555. The number of hydrogen-bond acceptors (Lipinski definition) is 2. The van der Waals surface area contributed by atoms with E-state index in [2.05, 4.69) is 0 Å². The fraction of sp³-hybridized carbons (Fsp3) is 0.273. The van der Waals surface area contributed by atoms with Crippen molar-refractivity contribution >= 4 is 11.2 Å². The predicted molar refractivity (Wildman–Crippen MR) is 58.3 cm³/mol. The lowest BCUT2D eigenvalue weighted by atomic mass is 10.2. The number of nitro groups is 1. The predicted octanol–water partition coefficient (Wildman–Crippen LogP) is 2.77. The first-order valence-electron chi connectivity index (χ1n) is 4.74. The van der Waals surface area contributed by atoms with Crippen molar-refractivity contribution in [2.75, 3.05) is 0 Å². The van der Waals surface area contributed by atoms with Gasteiger partial charge in [0, 0.05) is 17.5 Å². The van der Waals surface area contributed by atoms with Gasteiger partial charge in [0.1, 0.15) is 5.52 Å². The van der Waals surface area contributed by atoms with Gasteiger partial charge in [-0.2, -0.15) is 0 Å². The Balaban J connectivity index is 2.95. The van der Waals surface area contributed by atoms with Gasteiger partial charge < -0.3 is 4.40 Å². The SMILES string of the molecule is Cc1cc2c([N+](=O)[O-])c(C)cc(C)n2c1. The Morgan fingerprint density at radius 2 is 1.93 bits per heavy atom. The third-order valence-corrected chi connectivity index (χ3v) is 2.56. The first kappa shape index (κ1) is 9.71. The monoisotopic (exact) mass is 204 g/mol. The molecule has 0 N–H and O–H groups in total. The summed E-state index contributed by atoms with van der Waals surface area (Å²) in [5.74, 6) is 0. The number of pyridine rings is 1. The van der Waals surface area contributed by atoms with Crippen molar-refractivity contribution in [1.82, 2.24) is 4.40 Å². The van der Waals surface area contributed by atoms with Crippen LogP contribution >= 0.6 is 0 Å². The minimum absolute atomic E-state index is 0.203. The van der Waals surface area contributed by atoms with Crippen LogP contribution in [0.1, 0.15) is 16.8 Å². The third kappa shape index (κ3) is 1.38. The normalized spacial score (nSPS) is 10.9. The topological polar surface area (TPSA) is 47.5 Å². The summed E-state index contributed by atoms with van der Waals surface area (Å²) in [5.41, 5.74) is 3.64. The summed E-state index contributed by atoms with van der Waals surface area (Å²) in [6.45, 7) is 5.65. The van der Waals surface area contributed by atoms with Crippen LogP contribution in [0.15, 0.2) is 18.3 Å². The molecule has 0 saturated carbocycles. The Morgan fingerprint density at radius 3 is 2.53 bits per heavy atom. The second-order valence-corrected chi connectivity index (χ2v) is 3.85. The summed E-state index contributed by atoms with van der Waals surface area (Å²) in [6, 6.07) is 3.68. The molecule has 0 atom stereocenters. The van der Waals surface area contributed by atoms with Gasteiger partial charge in [-0.15, -0.1) is 0 Å². The molecule has 0 aliphatic carbocycles. The fourth-order valence-electron chi connectivity index (χ4n) is 1.96. The van der Waals surface area contributed by atoms with Gasteiger partial charge in [-0.25, -0.2) is 0 Å². The van der Waals surface area contributed by atoms with Crippen LogP contribution in [0.2, 0.25) is 0 Å². The summed E-state index contributed by atoms with van der Waals surface area (Å²) in [4.78, 5) is 10.6. The van der Waals surface area contributed by atoms with Gasteiger partial charge in [0.05, 0.1) is 4.92 Å². The average molecular weight is 204 g/mol. The van der Waals surface area contributed by atoms with Crippen LogP contribution in [-0.2, 0) is 0 Å². The van der Waals surface area contributed by atoms with Gasteiger partial charge in [0.15, 0.2) is 0 Å². The molecule has 2 rings (SSSR count). The van der Waals surface area contributed by atoms with Gasteiger partial charge in [-0.05, 0) is 38.5 Å². The van der Waals surface area contributed by atoms with Crippen LogP contribution in [0, 0.1) is 30.9 Å². The van der Waals surface area contributed by atoms with Crippen molar-refractivity contribution in [3.63, 3.8) is 0 Å². The standard InChI is InChI=1S/C11H12N2O2/c1-7-4-10-11(13(14)15)8(2)5-9(3)12(10)6-7/h4-6H,1-3H3. The molecule has 0 radical (unpaired) electrons. The number of aryl methyl sites for hydroxylation is 3. The second-order valence-electron chi connectivity index (χ2n) is 3.85. The molecule has 78 valence electrons. The highest BCUT2D eigenvalue weighted by Crippen LogP contribution is 2.27. The Hall–Kier alpha value is -1.84. The van der Waals surface area contributed by atoms with Crippen LogP contribution < -0.4 is 0 Å². The number of nitrogens with zero attached hydrogens (tertiary/aromatic N) is 2. The first-order chi connectivity index (χ1) is 7.00. The largest absolute Gasteiger partial charge is 0.315 e. The summed E-state index contributed by atoms with van der Waals surface area (Å²) < 4.78 is 1.86. The average Bonchev–Trinajstić information content (AvgIpc) is 2.45. The van der Waals surface area contributed by atoms with E-state index < -0.39 is 0 Å². The van der Waals surface area contributed by atoms with E-state index in [0.29, 0.717) is 11.1 Å². The van der Waals surface area contributed by atoms with E-state index in [1.807, 2.05) is 36.6 Å². The second kappa shape index (κ2) is 3.08. The minimum atomic E-state index is -0.316. The number of fused-ring (bicyclic) bond motifs is 1. The van der Waals surface area contributed by atoms with Crippen LogP contribution in [0.4, 0.5) is 5.69 Å². The van der Waals surface area contributed by atoms with E-state index >= 15 is 0 Å². The van der Waals surface area contributed by atoms with E-state index in [4.69, 9.17) is 0 Å². The number of hydrogen-bond donors (Lipinski definition) is 0. The zero-order valence-corrected chi connectivity index (χ0v) is 8.94. The minimum Gasteiger partial charge on any atom is -0.315 e. The van der Waals surface area contributed by atoms with Crippen molar-refractivity contribution in [3.8, 4) is 0 Å². The first-order valence-corrected chi connectivity index (χ1v) is 4.74. The molecule has 0 aromatic carbocycles. The molecule has 0 aliphatic heterocycles. The highest BCUT2D eigenvalue weighted by atomic mass is 16.6. The molecule has 0 saturated heterocycles. The zero-order valence-electron chi connectivity index (χ0n) is 8.94. The quantitative estimate of drug-likeness (QED) is 0.529. The van der Waals surface area contributed by atoms with E-state index in [9.17, 15) is 10.1 Å². The molecule has 4 heteroatoms. The molecule has 2 aromatic heterocycles. The highest BCUT2D eigenvalue weighted by Gasteiger charge is 2.17. The van der Waals surface area contributed by atoms with Crippen LogP contribution in [0.3, 0.4) is 0 Å². The number of rotatable bonds is 1. The molecule has 4 nitrogen and oxygen atoms in total. The third-order valence-electron chi connectivity index (χ3n) is 2.56. The molecule has 2 heterocycles. The highest BCUT2D eigenvalue weighted by molar-refractivity contribution is 5.70. The molecule has 0 bridgehead atoms. The van der Waals surface area contributed by atoms with Gasteiger partial charge in [0.2, 0.25) is 0 Å². The van der Waals surface area contributed by atoms with E-state index in [1.165, 1.54) is 0 Å². The van der Waals surface area contributed by atoms with Crippen molar-refractivity contribution < 1.29 is 4.92 Å². The van der Waals surface area contributed by atoms with Crippen molar-refractivity contribution in [2.24, 2.45) is 0 Å². The summed E-state index contributed by atoms with van der Waals surface area (Å²) >= 11 is 0. The van der Waals surface area contributed by atoms with Gasteiger partial charge in [0.25, 0.3) is 5.69 Å². The van der Waals surface area contributed by atoms with E-state index in [1.54, 1.807) is 6.92 Å². The Morgan fingerprint density at radius 1 is 1.27 bits per heavy atom. The van der Waals surface area contributed by atoms with Crippen molar-refractivity contribution in [3.05, 3.63) is 45.3 Å². The molecular formula is C11H12N2O2. The van der Waals surface area contributed by atoms with Crippen molar-refractivity contribution in [1.29, 1.82) is 0 Å². The molecule has 2 aromatic rings. The van der Waals surface area contributed by atoms with E-state index in [-0.39, 0.29) is 10.6 Å². The molecule has 0 unspecified atom stereocenters. The molecule has 15 heavy (non-hydrogen) atoms. The Kier molecular flexibility index (Phi) is 2.00. The fourth-order valence-corrected chi connectivity index (χ4v) is 1.96. The van der Waals surface area contributed by atoms with Gasteiger partial charge in [-0.3, -0.25) is 10.1 Å². The maximum atomic E-state index is 10.9. The van der Waals surface area contributed by atoms with Crippen LogP contribution in [0.5, 0.6) is 0 Å². The van der Waals surface area contributed by atoms with Crippen molar-refractivity contribution in [2.45, 2.75) is 20.8 Å². The van der Waals surface area contributed by atoms with E-state index in [0.717, 1.165) is 11.3 Å². The van der Waals surface area contributed by atoms with Crippen LogP contribution in [0.25, 0.3) is 5.52 Å². The summed E-state index contributed by atoms with van der Waals surface area (Å²) in [6.07, 6.45) is 1.91. The lowest BCUT2D eigenvalue weighted by molar-refractivity contribution is -0.383. The molecule has 0 amide bonds. The molecule has 0 spiro atoms. The van der Waals surface area contributed by atoms with Gasteiger partial charge in [-0.1, -0.05) is 0 Å². The lowest BCUT2D eigenvalue weighted by Crippen LogP contribution is -1.98. The molecular weight excluding hydrogens is 192 g/mol. The Labute approximate surface area is 87.3 Å². The maximum absolute atomic E-state index is 10.9. The number of aromatic nitrogens is 1. The van der Waals surface area contributed by atoms with Crippen LogP contribution in [-0.4, -0.2) is 9.32 Å². The maximum Gasteiger partial charge on any atom is 0.296 e. The zero-order chi connectivity index (χ0) is 11.2. The smallest absolute Gasteiger partial charge is 0.296 e. The molecule has 0 aliphatic rings. The summed E-state index contributed by atoms with van der Waals surface area (Å²) in [5, 5.41) is 10.9.